The number of rotatable bonds is 7. The molecule has 0 N–H and O–H groups in total. The third-order valence-electron chi connectivity index (χ3n) is 3.17. The highest BCUT2D eigenvalue weighted by molar-refractivity contribution is 6.76. The van der Waals surface area contributed by atoms with Gasteiger partial charge in [-0.05, 0) is 42.9 Å². The SMILES string of the molecule is CC/C=C(CC)\C(CC)=C(/CC)C[Si](C)(C)C. The Kier molecular flexibility index (Phi) is 7.77. The maximum atomic E-state index is 2.48. The number of hydrogen-bond acceptors (Lipinski definition) is 0. The van der Waals surface area contributed by atoms with Crippen LogP contribution < -0.4 is 0 Å². The highest BCUT2D eigenvalue weighted by atomic mass is 28.3. The fraction of sp³-hybridized carbons (Fsp3) is 0.750. The van der Waals surface area contributed by atoms with E-state index in [1.165, 1.54) is 25.3 Å². The molecule has 0 aliphatic carbocycles. The Hall–Kier alpha value is -0.303. The fourth-order valence-electron chi connectivity index (χ4n) is 2.52. The van der Waals surface area contributed by atoms with Crippen molar-refractivity contribution in [1.82, 2.24) is 0 Å². The maximum absolute atomic E-state index is 2.48. The Bertz CT molecular complexity index is 276. The van der Waals surface area contributed by atoms with Crippen LogP contribution in [0.1, 0.15) is 53.4 Å². The molecular formula is C16H32Si. The van der Waals surface area contributed by atoms with Crippen molar-refractivity contribution < 1.29 is 0 Å². The molecule has 1 heteroatoms. The predicted molar refractivity (Wildman–Crippen MR) is 84.4 cm³/mol. The largest absolute Gasteiger partial charge is 0.0813 e. The summed E-state index contributed by atoms with van der Waals surface area (Å²) in [5.74, 6) is 0. The molecule has 0 aliphatic rings. The van der Waals surface area contributed by atoms with Gasteiger partial charge in [0.1, 0.15) is 0 Å². The predicted octanol–water partition coefficient (Wildman–Crippen LogP) is 6.19. The monoisotopic (exact) mass is 252 g/mol. The van der Waals surface area contributed by atoms with Crippen molar-refractivity contribution in [2.24, 2.45) is 0 Å². The van der Waals surface area contributed by atoms with Crippen LogP contribution in [0.2, 0.25) is 25.7 Å². The van der Waals surface area contributed by atoms with Crippen LogP contribution in [0.25, 0.3) is 0 Å². The quantitative estimate of drug-likeness (QED) is 0.374. The maximum Gasteiger partial charge on any atom is 0.0483 e. The topological polar surface area (TPSA) is 0 Å². The second kappa shape index (κ2) is 7.92. The van der Waals surface area contributed by atoms with Crippen molar-refractivity contribution in [3.8, 4) is 0 Å². The van der Waals surface area contributed by atoms with E-state index in [9.17, 15) is 0 Å². The lowest BCUT2D eigenvalue weighted by Gasteiger charge is -2.22. The molecule has 0 atom stereocenters. The highest BCUT2D eigenvalue weighted by Crippen LogP contribution is 2.29. The first-order chi connectivity index (χ1) is 7.89. The lowest BCUT2D eigenvalue weighted by atomic mass is 9.94. The van der Waals surface area contributed by atoms with E-state index in [0.717, 1.165) is 6.42 Å². The van der Waals surface area contributed by atoms with Crippen LogP contribution in [-0.2, 0) is 0 Å². The summed E-state index contributed by atoms with van der Waals surface area (Å²) >= 11 is 0. The van der Waals surface area contributed by atoms with Gasteiger partial charge in [0.2, 0.25) is 0 Å². The zero-order valence-electron chi connectivity index (χ0n) is 13.1. The van der Waals surface area contributed by atoms with Crippen LogP contribution in [0.5, 0.6) is 0 Å². The lowest BCUT2D eigenvalue weighted by molar-refractivity contribution is 0.940. The molecule has 0 aromatic heterocycles. The first kappa shape index (κ1) is 16.7. The van der Waals surface area contributed by atoms with Gasteiger partial charge < -0.3 is 0 Å². The van der Waals surface area contributed by atoms with E-state index in [0.29, 0.717) is 0 Å². The van der Waals surface area contributed by atoms with Gasteiger partial charge in [0.25, 0.3) is 0 Å². The van der Waals surface area contributed by atoms with E-state index in [4.69, 9.17) is 0 Å². The molecule has 0 aliphatic heterocycles. The third kappa shape index (κ3) is 6.26. The molecule has 0 heterocycles. The Morgan fingerprint density at radius 3 is 1.76 bits per heavy atom. The standard InChI is InChI=1S/C16H32Si/c1-8-12-14(9-2)16(11-4)15(10-3)13-17(5,6)7/h12H,8-11,13H2,1-7H3/b14-12-,16-15+. The fourth-order valence-corrected chi connectivity index (χ4v) is 4.26. The molecule has 0 saturated carbocycles. The van der Waals surface area contributed by atoms with Crippen LogP contribution >= 0.6 is 0 Å². The van der Waals surface area contributed by atoms with E-state index in [2.05, 4.69) is 53.4 Å². The van der Waals surface area contributed by atoms with Crippen molar-refractivity contribution in [2.45, 2.75) is 79.1 Å². The molecular weight excluding hydrogens is 220 g/mol. The van der Waals surface area contributed by atoms with Gasteiger partial charge in [-0.15, -0.1) is 0 Å². The van der Waals surface area contributed by atoms with Gasteiger partial charge in [-0.25, -0.2) is 0 Å². The second-order valence-electron chi connectivity index (χ2n) is 6.02. The van der Waals surface area contributed by atoms with Crippen molar-refractivity contribution >= 4 is 8.07 Å². The van der Waals surface area contributed by atoms with Crippen LogP contribution in [0.15, 0.2) is 22.8 Å². The molecule has 0 aromatic rings. The molecule has 0 unspecified atom stereocenters. The Balaban J connectivity index is 5.30. The molecule has 0 nitrogen and oxygen atoms in total. The Morgan fingerprint density at radius 2 is 1.47 bits per heavy atom. The zero-order valence-corrected chi connectivity index (χ0v) is 14.1. The van der Waals surface area contributed by atoms with Crippen molar-refractivity contribution in [1.29, 1.82) is 0 Å². The van der Waals surface area contributed by atoms with Crippen LogP contribution in [0.4, 0.5) is 0 Å². The summed E-state index contributed by atoms with van der Waals surface area (Å²) in [6, 6.07) is 1.37. The molecule has 0 aromatic carbocycles. The Labute approximate surface area is 110 Å². The van der Waals surface area contributed by atoms with Gasteiger partial charge in [0, 0.05) is 8.07 Å². The summed E-state index contributed by atoms with van der Waals surface area (Å²) < 4.78 is 0. The van der Waals surface area contributed by atoms with Gasteiger partial charge in [-0.1, -0.05) is 59.0 Å². The molecule has 0 spiro atoms. The summed E-state index contributed by atoms with van der Waals surface area (Å²) in [7, 11) is -0.987. The summed E-state index contributed by atoms with van der Waals surface area (Å²) in [6.07, 6.45) is 7.21. The average Bonchev–Trinajstić information content (AvgIpc) is 2.25. The first-order valence-corrected chi connectivity index (χ1v) is 11.0. The smallest absolute Gasteiger partial charge is 0.0483 e. The number of allylic oxidation sites excluding steroid dienone is 4. The van der Waals surface area contributed by atoms with E-state index in [1.807, 2.05) is 0 Å². The van der Waals surface area contributed by atoms with Crippen LogP contribution in [-0.4, -0.2) is 8.07 Å². The van der Waals surface area contributed by atoms with E-state index < -0.39 is 8.07 Å². The molecule has 0 amide bonds. The van der Waals surface area contributed by atoms with Gasteiger partial charge >= 0.3 is 0 Å². The number of hydrogen-bond donors (Lipinski definition) is 0. The molecule has 0 saturated heterocycles. The third-order valence-corrected chi connectivity index (χ3v) is 4.66. The molecule has 0 fully saturated rings. The van der Waals surface area contributed by atoms with Gasteiger partial charge in [-0.2, -0.15) is 0 Å². The minimum atomic E-state index is -0.987. The summed E-state index contributed by atoms with van der Waals surface area (Å²) in [5, 5.41) is 0. The van der Waals surface area contributed by atoms with Crippen molar-refractivity contribution in [3.63, 3.8) is 0 Å². The zero-order chi connectivity index (χ0) is 13.5. The van der Waals surface area contributed by atoms with Gasteiger partial charge in [-0.3, -0.25) is 0 Å². The average molecular weight is 253 g/mol. The van der Waals surface area contributed by atoms with Crippen LogP contribution in [0.3, 0.4) is 0 Å². The van der Waals surface area contributed by atoms with E-state index in [-0.39, 0.29) is 0 Å². The molecule has 100 valence electrons. The first-order valence-electron chi connectivity index (χ1n) is 7.29. The van der Waals surface area contributed by atoms with Crippen molar-refractivity contribution in [2.75, 3.05) is 0 Å². The summed E-state index contributed by atoms with van der Waals surface area (Å²) in [4.78, 5) is 0. The molecule has 0 rings (SSSR count). The second-order valence-corrected chi connectivity index (χ2v) is 11.5. The van der Waals surface area contributed by atoms with Gasteiger partial charge in [0.15, 0.2) is 0 Å². The Morgan fingerprint density at radius 1 is 0.882 bits per heavy atom. The van der Waals surface area contributed by atoms with Gasteiger partial charge in [0.05, 0.1) is 0 Å². The summed E-state index contributed by atoms with van der Waals surface area (Å²) in [5.41, 5.74) is 5.00. The van der Waals surface area contributed by atoms with E-state index in [1.54, 1.807) is 16.7 Å². The minimum Gasteiger partial charge on any atom is -0.0813 e. The van der Waals surface area contributed by atoms with Crippen LogP contribution in [0, 0.1) is 0 Å². The molecule has 0 bridgehead atoms. The lowest BCUT2D eigenvalue weighted by Crippen LogP contribution is -2.20. The highest BCUT2D eigenvalue weighted by Gasteiger charge is 2.17. The van der Waals surface area contributed by atoms with Crippen molar-refractivity contribution in [3.05, 3.63) is 22.8 Å². The minimum absolute atomic E-state index is 0.987. The van der Waals surface area contributed by atoms with E-state index >= 15 is 0 Å². The molecule has 0 radical (unpaired) electrons. The molecule has 17 heavy (non-hydrogen) atoms. The summed E-state index contributed by atoms with van der Waals surface area (Å²) in [6.45, 7) is 16.6. The normalized spacial score (nSPS) is 14.9.